The highest BCUT2D eigenvalue weighted by Crippen LogP contribution is 2.17. The standard InChI is InChI=1S/C20H25N3O2.ClH/c1-3-12-22-18(24)16-9-7-8-15(13-16)14-23-19(25)20(2,21)17-10-5-4-6-11-17;/h4-11,13H,3,12,14,21H2,1-2H3,(H,22,24)(H,23,25);1H. The number of benzene rings is 2. The number of hydrogen-bond acceptors (Lipinski definition) is 3. The van der Waals surface area contributed by atoms with Crippen molar-refractivity contribution in [2.45, 2.75) is 32.4 Å². The van der Waals surface area contributed by atoms with E-state index < -0.39 is 5.54 Å². The molecule has 0 aliphatic carbocycles. The lowest BCUT2D eigenvalue weighted by molar-refractivity contribution is -0.126. The quantitative estimate of drug-likeness (QED) is 0.695. The molecule has 0 saturated heterocycles. The van der Waals surface area contributed by atoms with Gasteiger partial charge in [-0.25, -0.2) is 0 Å². The van der Waals surface area contributed by atoms with Crippen LogP contribution < -0.4 is 16.4 Å². The summed E-state index contributed by atoms with van der Waals surface area (Å²) in [5.41, 5.74) is 7.27. The first-order valence-electron chi connectivity index (χ1n) is 8.45. The third-order valence-corrected chi connectivity index (χ3v) is 4.02. The molecule has 0 radical (unpaired) electrons. The molecule has 4 N–H and O–H groups in total. The fraction of sp³-hybridized carbons (Fsp3) is 0.300. The smallest absolute Gasteiger partial charge is 0.251 e. The van der Waals surface area contributed by atoms with Gasteiger partial charge in [-0.1, -0.05) is 49.4 Å². The summed E-state index contributed by atoms with van der Waals surface area (Å²) in [5.74, 6) is -0.373. The minimum atomic E-state index is -1.11. The highest BCUT2D eigenvalue weighted by molar-refractivity contribution is 5.94. The molecule has 26 heavy (non-hydrogen) atoms. The number of hydrogen-bond donors (Lipinski definition) is 3. The molecule has 0 heterocycles. The van der Waals surface area contributed by atoms with Gasteiger partial charge in [0.25, 0.3) is 5.91 Å². The first-order valence-corrected chi connectivity index (χ1v) is 8.45. The van der Waals surface area contributed by atoms with Crippen LogP contribution in [0.4, 0.5) is 0 Å². The minimum Gasteiger partial charge on any atom is -0.352 e. The van der Waals surface area contributed by atoms with E-state index in [0.29, 0.717) is 18.7 Å². The number of halogens is 1. The maximum Gasteiger partial charge on any atom is 0.251 e. The maximum atomic E-state index is 12.5. The molecule has 140 valence electrons. The van der Waals surface area contributed by atoms with Gasteiger partial charge >= 0.3 is 0 Å². The molecule has 0 aliphatic rings. The lowest BCUT2D eigenvalue weighted by Gasteiger charge is -2.24. The summed E-state index contributed by atoms with van der Waals surface area (Å²) in [5, 5.41) is 5.69. The molecule has 5 nitrogen and oxygen atoms in total. The topological polar surface area (TPSA) is 84.2 Å². The van der Waals surface area contributed by atoms with Crippen molar-refractivity contribution in [3.63, 3.8) is 0 Å². The van der Waals surface area contributed by atoms with Gasteiger partial charge in [-0.2, -0.15) is 0 Å². The number of nitrogens with one attached hydrogen (secondary N) is 2. The monoisotopic (exact) mass is 375 g/mol. The van der Waals surface area contributed by atoms with E-state index in [0.717, 1.165) is 17.5 Å². The van der Waals surface area contributed by atoms with Gasteiger partial charge in [-0.05, 0) is 36.6 Å². The third kappa shape index (κ3) is 5.58. The molecule has 2 aromatic rings. The fourth-order valence-electron chi connectivity index (χ4n) is 2.44. The summed E-state index contributed by atoms with van der Waals surface area (Å²) < 4.78 is 0. The second kappa shape index (κ2) is 9.94. The Morgan fingerprint density at radius 1 is 1.04 bits per heavy atom. The molecule has 0 aromatic heterocycles. The van der Waals surface area contributed by atoms with Gasteiger partial charge < -0.3 is 16.4 Å². The van der Waals surface area contributed by atoms with Crippen molar-refractivity contribution in [1.29, 1.82) is 0 Å². The summed E-state index contributed by atoms with van der Waals surface area (Å²) >= 11 is 0. The molecule has 0 bridgehead atoms. The van der Waals surface area contributed by atoms with Gasteiger partial charge in [0.1, 0.15) is 5.54 Å². The van der Waals surface area contributed by atoms with Crippen LogP contribution in [0.1, 0.15) is 41.8 Å². The Morgan fingerprint density at radius 3 is 2.38 bits per heavy atom. The third-order valence-electron chi connectivity index (χ3n) is 4.02. The van der Waals surface area contributed by atoms with E-state index in [-0.39, 0.29) is 24.2 Å². The average Bonchev–Trinajstić information content (AvgIpc) is 2.65. The zero-order chi connectivity index (χ0) is 18.3. The predicted octanol–water partition coefficient (Wildman–Crippen LogP) is 2.74. The number of rotatable bonds is 7. The van der Waals surface area contributed by atoms with Crippen molar-refractivity contribution < 1.29 is 9.59 Å². The van der Waals surface area contributed by atoms with Crippen molar-refractivity contribution >= 4 is 24.2 Å². The molecular weight excluding hydrogens is 350 g/mol. The summed E-state index contributed by atoms with van der Waals surface area (Å²) in [4.78, 5) is 24.5. The summed E-state index contributed by atoms with van der Waals surface area (Å²) in [6.07, 6.45) is 0.885. The summed E-state index contributed by atoms with van der Waals surface area (Å²) in [6, 6.07) is 16.5. The van der Waals surface area contributed by atoms with E-state index in [1.54, 1.807) is 25.1 Å². The maximum absolute atomic E-state index is 12.5. The Kier molecular flexibility index (Phi) is 8.29. The Labute approximate surface area is 160 Å². The summed E-state index contributed by atoms with van der Waals surface area (Å²) in [6.45, 7) is 4.64. The van der Waals surface area contributed by atoms with Crippen LogP contribution in [0.15, 0.2) is 54.6 Å². The fourth-order valence-corrected chi connectivity index (χ4v) is 2.44. The Balaban J connectivity index is 0.00000338. The number of amides is 2. The molecule has 2 rings (SSSR count). The zero-order valence-corrected chi connectivity index (χ0v) is 15.9. The van der Waals surface area contributed by atoms with Crippen LogP contribution in [0, 0.1) is 0 Å². The average molecular weight is 376 g/mol. The molecule has 0 saturated carbocycles. The zero-order valence-electron chi connectivity index (χ0n) is 15.1. The van der Waals surface area contributed by atoms with Crippen LogP contribution >= 0.6 is 12.4 Å². The van der Waals surface area contributed by atoms with Gasteiger partial charge in [0.2, 0.25) is 5.91 Å². The number of nitrogens with two attached hydrogens (primary N) is 1. The van der Waals surface area contributed by atoms with Crippen LogP contribution in [0.2, 0.25) is 0 Å². The van der Waals surface area contributed by atoms with E-state index in [1.165, 1.54) is 0 Å². The molecule has 2 amide bonds. The van der Waals surface area contributed by atoms with Crippen molar-refractivity contribution in [2.24, 2.45) is 5.73 Å². The lowest BCUT2D eigenvalue weighted by atomic mass is 9.92. The molecular formula is C20H26ClN3O2. The highest BCUT2D eigenvalue weighted by atomic mass is 35.5. The molecule has 1 atom stereocenters. The number of carbonyl (C=O) groups is 2. The van der Waals surface area contributed by atoms with Crippen LogP contribution in [0.25, 0.3) is 0 Å². The SMILES string of the molecule is CCCNC(=O)c1cccc(CNC(=O)C(C)(N)c2ccccc2)c1.Cl. The highest BCUT2D eigenvalue weighted by Gasteiger charge is 2.29. The predicted molar refractivity (Wildman–Crippen MR) is 106 cm³/mol. The first-order chi connectivity index (χ1) is 11.9. The van der Waals surface area contributed by atoms with Crippen molar-refractivity contribution in [2.75, 3.05) is 6.54 Å². The molecule has 1 unspecified atom stereocenters. The van der Waals surface area contributed by atoms with Gasteiger partial charge in [0.15, 0.2) is 0 Å². The Bertz CT molecular complexity index is 733. The van der Waals surface area contributed by atoms with E-state index >= 15 is 0 Å². The Morgan fingerprint density at radius 2 is 1.73 bits per heavy atom. The van der Waals surface area contributed by atoms with E-state index in [9.17, 15) is 9.59 Å². The largest absolute Gasteiger partial charge is 0.352 e. The van der Waals surface area contributed by atoms with Crippen LogP contribution in [0.3, 0.4) is 0 Å². The first kappa shape index (κ1) is 21.7. The lowest BCUT2D eigenvalue weighted by Crippen LogP contribution is -2.48. The van der Waals surface area contributed by atoms with E-state index in [2.05, 4.69) is 10.6 Å². The second-order valence-corrected chi connectivity index (χ2v) is 6.21. The minimum absolute atomic E-state index is 0. The molecule has 6 heteroatoms. The van der Waals surface area contributed by atoms with Crippen molar-refractivity contribution in [3.8, 4) is 0 Å². The van der Waals surface area contributed by atoms with Crippen LogP contribution in [-0.4, -0.2) is 18.4 Å². The van der Waals surface area contributed by atoms with Gasteiger partial charge in [-0.15, -0.1) is 12.4 Å². The second-order valence-electron chi connectivity index (χ2n) is 6.21. The van der Waals surface area contributed by atoms with Gasteiger partial charge in [-0.3, -0.25) is 9.59 Å². The van der Waals surface area contributed by atoms with E-state index in [4.69, 9.17) is 5.73 Å². The normalized spacial score (nSPS) is 12.4. The van der Waals surface area contributed by atoms with Gasteiger partial charge in [0.05, 0.1) is 0 Å². The van der Waals surface area contributed by atoms with Crippen LogP contribution in [0.5, 0.6) is 0 Å². The van der Waals surface area contributed by atoms with Crippen molar-refractivity contribution in [1.82, 2.24) is 10.6 Å². The van der Waals surface area contributed by atoms with Gasteiger partial charge in [0, 0.05) is 18.7 Å². The number of carbonyl (C=O) groups excluding carboxylic acids is 2. The molecule has 0 fully saturated rings. The van der Waals surface area contributed by atoms with Crippen LogP contribution in [-0.2, 0) is 16.9 Å². The molecule has 0 aliphatic heterocycles. The van der Waals surface area contributed by atoms with Crippen molar-refractivity contribution in [3.05, 3.63) is 71.3 Å². The molecule has 2 aromatic carbocycles. The summed E-state index contributed by atoms with van der Waals surface area (Å²) in [7, 11) is 0. The molecule has 0 spiro atoms. The Hall–Kier alpha value is -2.37. The van der Waals surface area contributed by atoms with E-state index in [1.807, 2.05) is 43.3 Å².